The minimum absolute atomic E-state index is 1.06. The van der Waals surface area contributed by atoms with Crippen LogP contribution < -0.4 is 9.25 Å². The van der Waals surface area contributed by atoms with Gasteiger partial charge in [-0.25, -0.2) is 4.57 Å². The number of hydrogen-bond donors (Lipinski definition) is 0. The number of allylic oxidation sites excluding steroid dienone is 6. The summed E-state index contributed by atoms with van der Waals surface area (Å²) in [5, 5.41) is 0. The fourth-order valence-corrected chi connectivity index (χ4v) is 4.48. The second kappa shape index (κ2) is 9.59. The highest BCUT2D eigenvalue weighted by Gasteiger charge is 2.30. The summed E-state index contributed by atoms with van der Waals surface area (Å²) in [5.74, 6) is 1.20. The van der Waals surface area contributed by atoms with Crippen molar-refractivity contribution in [1.82, 2.24) is 4.68 Å². The lowest BCUT2D eigenvalue weighted by Crippen LogP contribution is -2.48. The van der Waals surface area contributed by atoms with Crippen LogP contribution in [0.1, 0.15) is 75.7 Å². The Bertz CT molecular complexity index is 1040. The van der Waals surface area contributed by atoms with E-state index >= 15 is 0 Å². The van der Waals surface area contributed by atoms with Crippen molar-refractivity contribution in [2.75, 3.05) is 0 Å². The normalized spacial score (nSPS) is 12.5. The first-order valence-electron chi connectivity index (χ1n) is 11.2. The zero-order valence-corrected chi connectivity index (χ0v) is 21.1. The topological polar surface area (TPSA) is 12.7 Å². The molecule has 3 nitrogen and oxygen atoms in total. The van der Waals surface area contributed by atoms with Crippen molar-refractivity contribution in [3.05, 3.63) is 69.2 Å². The largest absolute Gasteiger partial charge is 0.343 e. The zero-order valence-electron chi connectivity index (χ0n) is 21.1. The second-order valence-corrected chi connectivity index (χ2v) is 8.47. The average molecular weight is 408 g/mol. The Morgan fingerprint density at radius 3 is 2.07 bits per heavy atom. The van der Waals surface area contributed by atoms with Crippen LogP contribution in [0.4, 0.5) is 0 Å². The van der Waals surface area contributed by atoms with E-state index in [9.17, 15) is 0 Å². The van der Waals surface area contributed by atoms with Crippen molar-refractivity contribution < 1.29 is 9.25 Å². The van der Waals surface area contributed by atoms with Crippen molar-refractivity contribution in [3.63, 3.8) is 0 Å². The summed E-state index contributed by atoms with van der Waals surface area (Å²) in [6, 6.07) is 4.56. The SMILES string of the molecule is CC=CC(C)=C(C)C(=C(CC)CC)c1c(C)c(C)cc(-n2c(C)cc(C)[n+]2C)[n+]1C. The predicted molar refractivity (Wildman–Crippen MR) is 128 cm³/mol. The van der Waals surface area contributed by atoms with Gasteiger partial charge in [0.25, 0.3) is 0 Å². The van der Waals surface area contributed by atoms with Crippen molar-refractivity contribution in [1.29, 1.82) is 0 Å². The Kier molecular flexibility index (Phi) is 7.63. The number of pyridine rings is 1. The smallest absolute Gasteiger partial charge is 0.224 e. The highest BCUT2D eigenvalue weighted by Crippen LogP contribution is 2.33. The van der Waals surface area contributed by atoms with E-state index in [2.05, 4.69) is 115 Å². The van der Waals surface area contributed by atoms with Gasteiger partial charge in [0.2, 0.25) is 5.69 Å². The highest BCUT2D eigenvalue weighted by molar-refractivity contribution is 5.81. The Hall–Kier alpha value is -2.42. The molecule has 0 radical (unpaired) electrons. The average Bonchev–Trinajstić information content (AvgIpc) is 2.95. The first kappa shape index (κ1) is 23.9. The molecule has 0 aromatic carbocycles. The van der Waals surface area contributed by atoms with Crippen molar-refractivity contribution in [3.8, 4) is 5.82 Å². The molecule has 0 N–H and O–H groups in total. The van der Waals surface area contributed by atoms with Crippen molar-refractivity contribution >= 4 is 5.57 Å². The van der Waals surface area contributed by atoms with Crippen LogP contribution >= 0.6 is 0 Å². The van der Waals surface area contributed by atoms with Crippen molar-refractivity contribution in [2.45, 2.75) is 75.2 Å². The van der Waals surface area contributed by atoms with Crippen LogP contribution in [-0.4, -0.2) is 4.68 Å². The molecule has 0 saturated heterocycles. The molecule has 2 aromatic rings. The van der Waals surface area contributed by atoms with Crippen LogP contribution in [0.2, 0.25) is 0 Å². The van der Waals surface area contributed by atoms with E-state index in [1.54, 1.807) is 0 Å². The van der Waals surface area contributed by atoms with Gasteiger partial charge in [-0.1, -0.05) is 31.6 Å². The quantitative estimate of drug-likeness (QED) is 0.421. The molecule has 0 saturated carbocycles. The lowest BCUT2D eigenvalue weighted by Gasteiger charge is -2.20. The Morgan fingerprint density at radius 1 is 1.00 bits per heavy atom. The van der Waals surface area contributed by atoms with Gasteiger partial charge in [0.15, 0.2) is 12.7 Å². The van der Waals surface area contributed by atoms with Gasteiger partial charge in [0.1, 0.15) is 5.69 Å². The molecule has 0 aliphatic heterocycles. The van der Waals surface area contributed by atoms with E-state index in [0.29, 0.717) is 0 Å². The van der Waals surface area contributed by atoms with Crippen LogP contribution in [0.15, 0.2) is 41.0 Å². The standard InChI is InChI=1S/C27H41N3/c1-12-15-18(4)22(8)26(24(13-2)14-3)27-23(9)19(5)16-25(28(27)10)30-21(7)17-20(6)29(30)11/h12,15-17H,13-14H2,1-11H3/q+2. The van der Waals surface area contributed by atoms with Gasteiger partial charge in [-0.2, -0.15) is 0 Å². The third-order valence-corrected chi connectivity index (χ3v) is 6.58. The van der Waals surface area contributed by atoms with Gasteiger partial charge in [-0.05, 0) is 74.4 Å². The highest BCUT2D eigenvalue weighted by atomic mass is 15.4. The fraction of sp³-hybridized carbons (Fsp3) is 0.481. The Morgan fingerprint density at radius 2 is 1.60 bits per heavy atom. The van der Waals surface area contributed by atoms with Gasteiger partial charge in [-0.3, -0.25) is 0 Å². The summed E-state index contributed by atoms with van der Waals surface area (Å²) in [6.07, 6.45) is 6.48. The van der Waals surface area contributed by atoms with Crippen LogP contribution in [0.3, 0.4) is 0 Å². The number of hydrogen-bond acceptors (Lipinski definition) is 0. The lowest BCUT2D eigenvalue weighted by molar-refractivity contribution is -0.770. The maximum Gasteiger partial charge on any atom is 0.343 e. The molecular weight excluding hydrogens is 366 g/mol. The van der Waals surface area contributed by atoms with E-state index in [1.807, 2.05) is 0 Å². The molecular formula is C27H41N3+2. The molecule has 0 aliphatic carbocycles. The molecule has 0 bridgehead atoms. The van der Waals surface area contributed by atoms with Gasteiger partial charge in [0, 0.05) is 30.2 Å². The number of rotatable bonds is 6. The molecule has 0 spiro atoms. The van der Waals surface area contributed by atoms with Gasteiger partial charge in [0.05, 0.1) is 13.1 Å². The van der Waals surface area contributed by atoms with E-state index in [1.165, 1.54) is 56.3 Å². The zero-order chi connectivity index (χ0) is 22.7. The molecule has 2 rings (SSSR count). The minimum atomic E-state index is 1.06. The van der Waals surface area contributed by atoms with E-state index in [4.69, 9.17) is 0 Å². The molecule has 2 aromatic heterocycles. The summed E-state index contributed by atoms with van der Waals surface area (Å²) in [7, 11) is 4.35. The summed E-state index contributed by atoms with van der Waals surface area (Å²) in [5.41, 5.74) is 12.1. The summed E-state index contributed by atoms with van der Waals surface area (Å²) < 4.78 is 6.95. The third kappa shape index (κ3) is 4.21. The number of aryl methyl sites for hydroxylation is 3. The van der Waals surface area contributed by atoms with Crippen LogP contribution in [0.5, 0.6) is 0 Å². The van der Waals surface area contributed by atoms with E-state index < -0.39 is 0 Å². The molecule has 0 unspecified atom stereocenters. The molecule has 3 heteroatoms. The lowest BCUT2D eigenvalue weighted by atomic mass is 9.88. The molecule has 0 aliphatic rings. The molecule has 30 heavy (non-hydrogen) atoms. The monoisotopic (exact) mass is 407 g/mol. The van der Waals surface area contributed by atoms with Crippen LogP contribution in [0.25, 0.3) is 11.4 Å². The molecule has 2 heterocycles. The summed E-state index contributed by atoms with van der Waals surface area (Å²) in [6.45, 7) is 20.0. The Balaban J connectivity index is 3.02. The summed E-state index contributed by atoms with van der Waals surface area (Å²) >= 11 is 0. The first-order valence-corrected chi connectivity index (χ1v) is 11.2. The Labute approximate surface area is 184 Å². The molecule has 0 amide bonds. The van der Waals surface area contributed by atoms with Gasteiger partial charge in [-0.15, -0.1) is 0 Å². The van der Waals surface area contributed by atoms with Crippen LogP contribution in [0, 0.1) is 27.7 Å². The van der Waals surface area contributed by atoms with E-state index in [-0.39, 0.29) is 0 Å². The number of nitrogens with zero attached hydrogens (tertiary/aromatic N) is 3. The predicted octanol–water partition coefficient (Wildman–Crippen LogP) is 5.85. The number of aromatic nitrogens is 3. The van der Waals surface area contributed by atoms with Crippen LogP contribution in [-0.2, 0) is 14.1 Å². The fourth-order valence-electron chi connectivity index (χ4n) is 4.48. The molecule has 0 fully saturated rings. The minimum Gasteiger partial charge on any atom is -0.224 e. The molecule has 0 atom stereocenters. The second-order valence-electron chi connectivity index (χ2n) is 8.47. The van der Waals surface area contributed by atoms with E-state index in [0.717, 1.165) is 12.8 Å². The molecule has 162 valence electrons. The third-order valence-electron chi connectivity index (χ3n) is 6.58. The van der Waals surface area contributed by atoms with Gasteiger partial charge < -0.3 is 0 Å². The van der Waals surface area contributed by atoms with Crippen molar-refractivity contribution in [2.24, 2.45) is 14.1 Å². The van der Waals surface area contributed by atoms with Gasteiger partial charge >= 0.3 is 5.82 Å². The maximum absolute atomic E-state index is 2.39. The summed E-state index contributed by atoms with van der Waals surface area (Å²) in [4.78, 5) is 0. The first-order chi connectivity index (χ1) is 14.1. The maximum atomic E-state index is 2.39.